The summed E-state index contributed by atoms with van der Waals surface area (Å²) in [4.78, 5) is 28.3. The normalized spacial score (nSPS) is 11.0. The van der Waals surface area contributed by atoms with Crippen LogP contribution in [-0.2, 0) is 11.3 Å². The Morgan fingerprint density at radius 1 is 1.32 bits per heavy atom. The number of phenols is 1. The number of aromatic hydroxyl groups is 1. The minimum atomic E-state index is -0.757. The first-order chi connectivity index (χ1) is 10.5. The van der Waals surface area contributed by atoms with E-state index in [1.54, 1.807) is 0 Å². The van der Waals surface area contributed by atoms with Gasteiger partial charge < -0.3 is 19.4 Å². The standard InChI is InChI=1S/C15H11NO6/c1-21-15(20)9-3-8(18)4-12-13(9)14(19)10-5-16-7(6-17)2-11(10)22-12/h2-5,17-18H,6H2,1H3. The van der Waals surface area contributed by atoms with E-state index in [0.717, 1.165) is 6.07 Å². The van der Waals surface area contributed by atoms with E-state index < -0.39 is 11.4 Å². The molecule has 0 amide bonds. The van der Waals surface area contributed by atoms with Gasteiger partial charge >= 0.3 is 5.97 Å². The molecule has 2 N–H and O–H groups in total. The summed E-state index contributed by atoms with van der Waals surface area (Å²) in [6.45, 7) is -0.300. The maximum absolute atomic E-state index is 12.6. The molecule has 22 heavy (non-hydrogen) atoms. The van der Waals surface area contributed by atoms with E-state index in [4.69, 9.17) is 9.52 Å². The van der Waals surface area contributed by atoms with Crippen LogP contribution in [0.5, 0.6) is 5.75 Å². The predicted molar refractivity (Wildman–Crippen MR) is 76.7 cm³/mol. The number of ether oxygens (including phenoxy) is 1. The predicted octanol–water partition coefficient (Wildman–Crippen LogP) is 1.33. The van der Waals surface area contributed by atoms with Crippen LogP contribution in [0.15, 0.2) is 33.6 Å². The van der Waals surface area contributed by atoms with Crippen LogP contribution in [0.4, 0.5) is 0 Å². The van der Waals surface area contributed by atoms with Crippen LogP contribution in [0.1, 0.15) is 16.1 Å². The summed E-state index contributed by atoms with van der Waals surface area (Å²) in [5, 5.41) is 19.0. The highest BCUT2D eigenvalue weighted by atomic mass is 16.5. The van der Waals surface area contributed by atoms with Crippen molar-refractivity contribution in [3.8, 4) is 5.75 Å². The number of carbonyl (C=O) groups excluding carboxylic acids is 1. The van der Waals surface area contributed by atoms with Crippen molar-refractivity contribution in [1.82, 2.24) is 4.98 Å². The second kappa shape index (κ2) is 5.12. The molecule has 0 radical (unpaired) electrons. The van der Waals surface area contributed by atoms with Crippen molar-refractivity contribution in [3.63, 3.8) is 0 Å². The van der Waals surface area contributed by atoms with Crippen molar-refractivity contribution in [1.29, 1.82) is 0 Å². The first kappa shape index (κ1) is 14.0. The van der Waals surface area contributed by atoms with Gasteiger partial charge in [0, 0.05) is 18.3 Å². The molecule has 0 saturated heterocycles. The van der Waals surface area contributed by atoms with E-state index in [0.29, 0.717) is 5.69 Å². The van der Waals surface area contributed by atoms with Crippen LogP contribution in [0, 0.1) is 0 Å². The summed E-state index contributed by atoms with van der Waals surface area (Å²) in [5.74, 6) is -0.987. The van der Waals surface area contributed by atoms with Crippen molar-refractivity contribution in [2.75, 3.05) is 7.11 Å². The molecule has 3 aromatic rings. The fraction of sp³-hybridized carbons (Fsp3) is 0.133. The van der Waals surface area contributed by atoms with Crippen LogP contribution in [0.2, 0.25) is 0 Å². The summed E-state index contributed by atoms with van der Waals surface area (Å²) in [5.41, 5.74) is 0.0438. The van der Waals surface area contributed by atoms with Gasteiger partial charge in [0.15, 0.2) is 0 Å². The van der Waals surface area contributed by atoms with E-state index in [1.807, 2.05) is 0 Å². The van der Waals surface area contributed by atoms with Gasteiger partial charge in [0.05, 0.1) is 35.7 Å². The summed E-state index contributed by atoms with van der Waals surface area (Å²) in [6.07, 6.45) is 1.28. The molecule has 2 heterocycles. The largest absolute Gasteiger partial charge is 0.508 e. The lowest BCUT2D eigenvalue weighted by atomic mass is 10.1. The number of carbonyl (C=O) groups is 1. The molecule has 0 bridgehead atoms. The summed E-state index contributed by atoms with van der Waals surface area (Å²) in [6, 6.07) is 3.81. The Bertz CT molecular complexity index is 960. The molecular weight excluding hydrogens is 290 g/mol. The highest BCUT2D eigenvalue weighted by Crippen LogP contribution is 2.26. The molecule has 112 valence electrons. The van der Waals surface area contributed by atoms with Crippen molar-refractivity contribution in [2.45, 2.75) is 6.61 Å². The maximum atomic E-state index is 12.6. The lowest BCUT2D eigenvalue weighted by Gasteiger charge is -2.07. The summed E-state index contributed by atoms with van der Waals surface area (Å²) >= 11 is 0. The Morgan fingerprint density at radius 2 is 2.09 bits per heavy atom. The van der Waals surface area contributed by atoms with Gasteiger partial charge in [-0.05, 0) is 6.07 Å². The minimum absolute atomic E-state index is 0.00991. The lowest BCUT2D eigenvalue weighted by molar-refractivity contribution is 0.0602. The molecule has 0 unspecified atom stereocenters. The van der Waals surface area contributed by atoms with Gasteiger partial charge in [-0.3, -0.25) is 9.78 Å². The first-order valence-electron chi connectivity index (χ1n) is 6.32. The molecule has 0 aliphatic carbocycles. The number of pyridine rings is 1. The topological polar surface area (TPSA) is 110 Å². The van der Waals surface area contributed by atoms with E-state index in [1.165, 1.54) is 25.4 Å². The molecule has 0 spiro atoms. The SMILES string of the molecule is COC(=O)c1cc(O)cc2oc3cc(CO)ncc3c(=O)c12. The average molecular weight is 301 g/mol. The lowest BCUT2D eigenvalue weighted by Crippen LogP contribution is -2.11. The smallest absolute Gasteiger partial charge is 0.338 e. The van der Waals surface area contributed by atoms with Gasteiger partial charge in [0.25, 0.3) is 0 Å². The Kier molecular flexibility index (Phi) is 3.26. The van der Waals surface area contributed by atoms with E-state index >= 15 is 0 Å². The molecule has 7 heteroatoms. The Labute approximate surface area is 123 Å². The number of aromatic nitrogens is 1. The van der Waals surface area contributed by atoms with Gasteiger partial charge in [0.2, 0.25) is 5.43 Å². The number of aliphatic hydroxyl groups excluding tert-OH is 1. The Hall–Kier alpha value is -2.93. The number of methoxy groups -OCH3 is 1. The van der Waals surface area contributed by atoms with Crippen molar-refractivity contribution >= 4 is 27.9 Å². The van der Waals surface area contributed by atoms with E-state index in [9.17, 15) is 14.7 Å². The van der Waals surface area contributed by atoms with Gasteiger partial charge in [-0.2, -0.15) is 0 Å². The molecule has 0 aliphatic rings. The fourth-order valence-electron chi connectivity index (χ4n) is 2.26. The monoisotopic (exact) mass is 301 g/mol. The third kappa shape index (κ3) is 2.08. The molecule has 1 aromatic carbocycles. The molecular formula is C15H11NO6. The summed E-state index contributed by atoms with van der Waals surface area (Å²) < 4.78 is 10.2. The molecule has 0 atom stereocenters. The molecule has 0 saturated carbocycles. The second-order valence-corrected chi connectivity index (χ2v) is 4.62. The zero-order valence-corrected chi connectivity index (χ0v) is 11.5. The number of hydrogen-bond donors (Lipinski definition) is 2. The number of nitrogens with zero attached hydrogens (tertiary/aromatic N) is 1. The maximum Gasteiger partial charge on any atom is 0.338 e. The number of phenolic OH excluding ortho intramolecular Hbond substituents is 1. The molecule has 3 rings (SSSR count). The van der Waals surface area contributed by atoms with Gasteiger partial charge in [-0.25, -0.2) is 4.79 Å². The van der Waals surface area contributed by atoms with E-state index in [2.05, 4.69) is 9.72 Å². The Balaban J connectivity index is 2.48. The minimum Gasteiger partial charge on any atom is -0.508 e. The molecule has 2 aromatic heterocycles. The summed E-state index contributed by atoms with van der Waals surface area (Å²) in [7, 11) is 1.18. The van der Waals surface area contributed by atoms with Crippen molar-refractivity contribution in [3.05, 3.63) is 45.9 Å². The molecule has 0 aliphatic heterocycles. The van der Waals surface area contributed by atoms with Crippen LogP contribution in [0.25, 0.3) is 21.9 Å². The van der Waals surface area contributed by atoms with Crippen LogP contribution in [-0.4, -0.2) is 28.3 Å². The average Bonchev–Trinajstić information content (AvgIpc) is 2.52. The number of rotatable bonds is 2. The fourth-order valence-corrected chi connectivity index (χ4v) is 2.26. The third-order valence-electron chi connectivity index (χ3n) is 3.27. The number of benzene rings is 1. The third-order valence-corrected chi connectivity index (χ3v) is 3.27. The Morgan fingerprint density at radius 3 is 2.77 bits per heavy atom. The zero-order valence-electron chi connectivity index (χ0n) is 11.5. The number of esters is 1. The number of hydrogen-bond acceptors (Lipinski definition) is 7. The zero-order chi connectivity index (χ0) is 15.9. The number of aliphatic hydroxyl groups is 1. The second-order valence-electron chi connectivity index (χ2n) is 4.62. The van der Waals surface area contributed by atoms with Gasteiger partial charge in [-0.15, -0.1) is 0 Å². The van der Waals surface area contributed by atoms with Gasteiger partial charge in [0.1, 0.15) is 16.9 Å². The highest BCUT2D eigenvalue weighted by Gasteiger charge is 2.19. The first-order valence-corrected chi connectivity index (χ1v) is 6.32. The molecule has 7 nitrogen and oxygen atoms in total. The van der Waals surface area contributed by atoms with Crippen molar-refractivity contribution in [2.24, 2.45) is 0 Å². The highest BCUT2D eigenvalue weighted by molar-refractivity contribution is 6.05. The van der Waals surface area contributed by atoms with Crippen LogP contribution >= 0.6 is 0 Å². The molecule has 0 fully saturated rings. The van der Waals surface area contributed by atoms with Gasteiger partial charge in [-0.1, -0.05) is 0 Å². The van der Waals surface area contributed by atoms with Crippen LogP contribution < -0.4 is 5.43 Å². The van der Waals surface area contributed by atoms with Crippen molar-refractivity contribution < 1.29 is 24.2 Å². The van der Waals surface area contributed by atoms with E-state index in [-0.39, 0.29) is 39.9 Å². The quantitative estimate of drug-likeness (QED) is 0.542. The van der Waals surface area contributed by atoms with Crippen LogP contribution in [0.3, 0.4) is 0 Å². The number of fused-ring (bicyclic) bond motifs is 2.